The van der Waals surface area contributed by atoms with Gasteiger partial charge in [0.15, 0.2) is 11.5 Å². The number of ether oxygens (including phenoxy) is 1. The van der Waals surface area contributed by atoms with Crippen LogP contribution in [-0.4, -0.2) is 28.0 Å². The second-order valence-electron chi connectivity index (χ2n) is 4.33. The van der Waals surface area contributed by atoms with Gasteiger partial charge in [0.05, 0.1) is 7.11 Å². The Balaban J connectivity index is 2.49. The van der Waals surface area contributed by atoms with Gasteiger partial charge in [-0.25, -0.2) is 14.8 Å². The molecule has 2 aromatic heterocycles. The summed E-state index contributed by atoms with van der Waals surface area (Å²) in [6, 6.07) is 1.95. The van der Waals surface area contributed by atoms with Gasteiger partial charge in [0.2, 0.25) is 0 Å². The van der Waals surface area contributed by atoms with Gasteiger partial charge in [0, 0.05) is 17.3 Å². The van der Waals surface area contributed by atoms with E-state index >= 15 is 0 Å². The second-order valence-corrected chi connectivity index (χ2v) is 4.33. The smallest absolute Gasteiger partial charge is 0.433 e. The number of alkyl halides is 3. The molecule has 6 nitrogen and oxygen atoms in total. The summed E-state index contributed by atoms with van der Waals surface area (Å²) < 4.78 is 42.0. The van der Waals surface area contributed by atoms with Crippen molar-refractivity contribution in [2.24, 2.45) is 0 Å². The SMILES string of the molecule is COC(=O)c1nc(-c2ccc(C(F)(F)F)nc2)nc(N)c1C. The van der Waals surface area contributed by atoms with E-state index in [2.05, 4.69) is 19.7 Å². The third-order valence-corrected chi connectivity index (χ3v) is 2.87. The topological polar surface area (TPSA) is 91.0 Å². The molecule has 116 valence electrons. The summed E-state index contributed by atoms with van der Waals surface area (Å²) in [6.45, 7) is 1.54. The molecule has 0 radical (unpaired) electrons. The van der Waals surface area contributed by atoms with Crippen LogP contribution in [0.4, 0.5) is 19.0 Å². The van der Waals surface area contributed by atoms with Crippen LogP contribution in [0.25, 0.3) is 11.4 Å². The van der Waals surface area contributed by atoms with E-state index in [9.17, 15) is 18.0 Å². The predicted octanol–water partition coefficient (Wildman–Crippen LogP) is 2.23. The van der Waals surface area contributed by atoms with Gasteiger partial charge >= 0.3 is 12.1 Å². The van der Waals surface area contributed by atoms with E-state index in [4.69, 9.17) is 5.73 Å². The summed E-state index contributed by atoms with van der Waals surface area (Å²) in [5.41, 5.74) is 5.13. The fourth-order valence-corrected chi connectivity index (χ4v) is 1.65. The van der Waals surface area contributed by atoms with Gasteiger partial charge in [0.25, 0.3) is 0 Å². The summed E-state index contributed by atoms with van der Waals surface area (Å²) in [7, 11) is 1.18. The molecule has 0 aliphatic carbocycles. The Bertz CT molecular complexity index is 714. The van der Waals surface area contributed by atoms with E-state index in [0.717, 1.165) is 18.3 Å². The molecule has 0 spiro atoms. The van der Waals surface area contributed by atoms with Crippen LogP contribution in [-0.2, 0) is 10.9 Å². The Morgan fingerprint density at radius 2 is 1.95 bits per heavy atom. The molecule has 0 aromatic carbocycles. The van der Waals surface area contributed by atoms with Gasteiger partial charge in [-0.1, -0.05) is 0 Å². The third kappa shape index (κ3) is 2.97. The van der Waals surface area contributed by atoms with Crippen LogP contribution in [0.1, 0.15) is 21.7 Å². The summed E-state index contributed by atoms with van der Waals surface area (Å²) in [4.78, 5) is 22.9. The monoisotopic (exact) mass is 312 g/mol. The van der Waals surface area contributed by atoms with E-state index in [1.54, 1.807) is 0 Å². The highest BCUT2D eigenvalue weighted by Gasteiger charge is 2.32. The summed E-state index contributed by atoms with van der Waals surface area (Å²) in [6.07, 6.45) is -3.57. The van der Waals surface area contributed by atoms with Crippen molar-refractivity contribution in [1.82, 2.24) is 15.0 Å². The maximum Gasteiger partial charge on any atom is 0.433 e. The number of methoxy groups -OCH3 is 1. The highest BCUT2D eigenvalue weighted by atomic mass is 19.4. The number of nitrogens with two attached hydrogens (primary N) is 1. The van der Waals surface area contributed by atoms with Crippen LogP contribution in [0.2, 0.25) is 0 Å². The van der Waals surface area contributed by atoms with Crippen LogP contribution in [0, 0.1) is 6.92 Å². The van der Waals surface area contributed by atoms with E-state index in [1.165, 1.54) is 14.0 Å². The van der Waals surface area contributed by atoms with Crippen molar-refractivity contribution in [1.29, 1.82) is 0 Å². The van der Waals surface area contributed by atoms with E-state index < -0.39 is 17.8 Å². The quantitative estimate of drug-likeness (QED) is 0.855. The molecule has 9 heteroatoms. The molecule has 2 heterocycles. The zero-order chi connectivity index (χ0) is 16.5. The first kappa shape index (κ1) is 15.7. The third-order valence-electron chi connectivity index (χ3n) is 2.87. The number of hydrogen-bond acceptors (Lipinski definition) is 6. The van der Waals surface area contributed by atoms with Crippen LogP contribution in [0.3, 0.4) is 0 Å². The number of hydrogen-bond donors (Lipinski definition) is 1. The molecule has 0 atom stereocenters. The number of pyridine rings is 1. The minimum atomic E-state index is -4.54. The normalized spacial score (nSPS) is 11.3. The molecular weight excluding hydrogens is 301 g/mol. The van der Waals surface area contributed by atoms with Crippen LogP contribution in [0.15, 0.2) is 18.3 Å². The lowest BCUT2D eigenvalue weighted by Gasteiger charge is -2.09. The number of rotatable bonds is 2. The van der Waals surface area contributed by atoms with Crippen LogP contribution >= 0.6 is 0 Å². The Kier molecular flexibility index (Phi) is 3.98. The number of carbonyl (C=O) groups excluding carboxylic acids is 1. The predicted molar refractivity (Wildman–Crippen MR) is 70.8 cm³/mol. The number of halogens is 3. The first-order valence-corrected chi connectivity index (χ1v) is 6.00. The van der Waals surface area contributed by atoms with Crippen molar-refractivity contribution in [3.63, 3.8) is 0 Å². The van der Waals surface area contributed by atoms with Gasteiger partial charge in [-0.05, 0) is 19.1 Å². The van der Waals surface area contributed by atoms with E-state index in [-0.39, 0.29) is 22.9 Å². The summed E-state index contributed by atoms with van der Waals surface area (Å²) in [5.74, 6) is -0.692. The van der Waals surface area contributed by atoms with Gasteiger partial charge in [-0.15, -0.1) is 0 Å². The minimum Gasteiger partial charge on any atom is -0.464 e. The number of anilines is 1. The van der Waals surface area contributed by atoms with Crippen LogP contribution in [0.5, 0.6) is 0 Å². The number of esters is 1. The van der Waals surface area contributed by atoms with Crippen molar-refractivity contribution in [2.45, 2.75) is 13.1 Å². The summed E-state index contributed by atoms with van der Waals surface area (Å²) >= 11 is 0. The molecule has 0 unspecified atom stereocenters. The van der Waals surface area contributed by atoms with Crippen molar-refractivity contribution in [2.75, 3.05) is 12.8 Å². The molecule has 0 amide bonds. The zero-order valence-electron chi connectivity index (χ0n) is 11.6. The fourth-order valence-electron chi connectivity index (χ4n) is 1.65. The highest BCUT2D eigenvalue weighted by Crippen LogP contribution is 2.28. The van der Waals surface area contributed by atoms with Gasteiger partial charge < -0.3 is 10.5 Å². The van der Waals surface area contributed by atoms with E-state index in [0.29, 0.717) is 5.56 Å². The maximum atomic E-state index is 12.5. The van der Waals surface area contributed by atoms with Gasteiger partial charge in [0.1, 0.15) is 11.5 Å². The lowest BCUT2D eigenvalue weighted by atomic mass is 10.2. The van der Waals surface area contributed by atoms with Crippen molar-refractivity contribution >= 4 is 11.8 Å². The van der Waals surface area contributed by atoms with Crippen molar-refractivity contribution in [3.8, 4) is 11.4 Å². The number of nitrogen functional groups attached to an aromatic ring is 1. The number of nitrogens with zero attached hydrogens (tertiary/aromatic N) is 3. The molecule has 2 aromatic rings. The average molecular weight is 312 g/mol. The minimum absolute atomic E-state index is 0.00951. The first-order chi connectivity index (χ1) is 10.2. The molecular formula is C13H11F3N4O2. The molecule has 0 aliphatic heterocycles. The average Bonchev–Trinajstić information content (AvgIpc) is 2.48. The van der Waals surface area contributed by atoms with E-state index in [1.807, 2.05) is 0 Å². The van der Waals surface area contributed by atoms with Crippen molar-refractivity contribution in [3.05, 3.63) is 35.3 Å². The number of aromatic nitrogens is 3. The molecule has 0 bridgehead atoms. The molecule has 2 rings (SSSR count). The Labute approximate surface area is 123 Å². The van der Waals surface area contributed by atoms with Gasteiger partial charge in [-0.2, -0.15) is 13.2 Å². The standard InChI is InChI=1S/C13H11F3N4O2/c1-6-9(12(21)22-2)19-11(20-10(6)17)7-3-4-8(18-5-7)13(14,15)16/h3-5H,1-2H3,(H2,17,19,20). The Hall–Kier alpha value is -2.71. The molecule has 2 N–H and O–H groups in total. The maximum absolute atomic E-state index is 12.5. The molecule has 0 fully saturated rings. The zero-order valence-corrected chi connectivity index (χ0v) is 11.6. The van der Waals surface area contributed by atoms with Crippen LogP contribution < -0.4 is 5.73 Å². The second kappa shape index (κ2) is 5.58. The fraction of sp³-hybridized carbons (Fsp3) is 0.231. The lowest BCUT2D eigenvalue weighted by molar-refractivity contribution is -0.141. The molecule has 0 aliphatic rings. The Morgan fingerprint density at radius 1 is 1.27 bits per heavy atom. The highest BCUT2D eigenvalue weighted by molar-refractivity contribution is 5.90. The largest absolute Gasteiger partial charge is 0.464 e. The molecule has 0 saturated heterocycles. The molecule has 22 heavy (non-hydrogen) atoms. The summed E-state index contributed by atoms with van der Waals surface area (Å²) in [5, 5.41) is 0. The van der Waals surface area contributed by atoms with Crippen molar-refractivity contribution < 1.29 is 22.7 Å². The van der Waals surface area contributed by atoms with Gasteiger partial charge in [-0.3, -0.25) is 4.98 Å². The number of carbonyl (C=O) groups is 1. The Morgan fingerprint density at radius 3 is 2.45 bits per heavy atom. The first-order valence-electron chi connectivity index (χ1n) is 6.00. The molecule has 0 saturated carbocycles. The lowest BCUT2D eigenvalue weighted by Crippen LogP contribution is -2.12.